The Bertz CT molecular complexity index is 1070. The number of pyridine rings is 1. The van der Waals surface area contributed by atoms with Gasteiger partial charge in [0, 0.05) is 41.1 Å². The molecule has 1 aromatic heterocycles. The fraction of sp³-hybridized carbons (Fsp3) is 0.600. The summed E-state index contributed by atoms with van der Waals surface area (Å²) in [5.41, 5.74) is -0.199. The number of nitrogens with zero attached hydrogens (tertiary/aromatic N) is 2. The lowest BCUT2D eigenvalue weighted by molar-refractivity contribution is -0.0596. The Morgan fingerprint density at radius 1 is 1.19 bits per heavy atom. The van der Waals surface area contributed by atoms with Crippen molar-refractivity contribution in [2.75, 3.05) is 13.1 Å². The Kier molecular flexibility index (Phi) is 5.82. The van der Waals surface area contributed by atoms with Crippen LogP contribution >= 0.6 is 15.9 Å². The third-order valence-corrected chi connectivity index (χ3v) is 8.38. The minimum atomic E-state index is -0.544. The number of aromatic amines is 1. The van der Waals surface area contributed by atoms with E-state index in [0.29, 0.717) is 17.4 Å². The number of fused-ring (bicyclic) bond motifs is 1. The van der Waals surface area contributed by atoms with Crippen LogP contribution in [0.15, 0.2) is 27.5 Å². The zero-order chi connectivity index (χ0) is 22.6. The van der Waals surface area contributed by atoms with Crippen LogP contribution in [-0.4, -0.2) is 57.0 Å². The van der Waals surface area contributed by atoms with Crippen LogP contribution in [-0.2, 0) is 0 Å². The molecule has 6 nitrogen and oxygen atoms in total. The highest BCUT2D eigenvalue weighted by Crippen LogP contribution is 2.49. The summed E-state index contributed by atoms with van der Waals surface area (Å²) in [6.07, 6.45) is 7.69. The van der Waals surface area contributed by atoms with E-state index in [1.165, 1.54) is 32.1 Å². The largest absolute Gasteiger partial charge is 0.506 e. The molecule has 2 saturated carbocycles. The second-order valence-corrected chi connectivity index (χ2v) is 11.2. The fourth-order valence-electron chi connectivity index (χ4n) is 6.59. The molecule has 1 aromatic carbocycles. The summed E-state index contributed by atoms with van der Waals surface area (Å²) in [7, 11) is 0. The van der Waals surface area contributed by atoms with Gasteiger partial charge in [0.2, 0.25) is 0 Å². The molecule has 2 saturated heterocycles. The molecule has 0 atom stereocenters. The maximum atomic E-state index is 13.4. The first-order chi connectivity index (χ1) is 15.3. The van der Waals surface area contributed by atoms with E-state index in [-0.39, 0.29) is 17.4 Å². The first-order valence-electron chi connectivity index (χ1n) is 11.9. The summed E-state index contributed by atoms with van der Waals surface area (Å²) in [6, 6.07) is 6.61. The van der Waals surface area contributed by atoms with Gasteiger partial charge in [-0.2, -0.15) is 0 Å². The predicted molar refractivity (Wildman–Crippen MR) is 129 cm³/mol. The highest BCUT2D eigenvalue weighted by atomic mass is 79.9. The van der Waals surface area contributed by atoms with Gasteiger partial charge >= 0.3 is 0 Å². The van der Waals surface area contributed by atoms with Gasteiger partial charge in [0.05, 0.1) is 5.52 Å². The number of H-pyrrole nitrogens is 1. The van der Waals surface area contributed by atoms with E-state index >= 15 is 0 Å². The average molecular weight is 502 g/mol. The second-order valence-electron chi connectivity index (χ2n) is 10.3. The molecule has 7 heteroatoms. The van der Waals surface area contributed by atoms with Crippen molar-refractivity contribution < 1.29 is 9.90 Å². The summed E-state index contributed by atoms with van der Waals surface area (Å²) in [5.74, 6) is 1.22. The molecule has 4 fully saturated rings. The minimum Gasteiger partial charge on any atom is -0.506 e. The molecule has 0 radical (unpaired) electrons. The molecule has 2 aliphatic heterocycles. The van der Waals surface area contributed by atoms with Crippen LogP contribution in [0.1, 0.15) is 62.7 Å². The van der Waals surface area contributed by atoms with Gasteiger partial charge in [-0.15, -0.1) is 0 Å². The molecule has 6 rings (SSSR count). The van der Waals surface area contributed by atoms with Crippen LogP contribution in [0.4, 0.5) is 0 Å². The van der Waals surface area contributed by atoms with Gasteiger partial charge in [-0.05, 0) is 82.4 Å². The van der Waals surface area contributed by atoms with Crippen molar-refractivity contribution in [3.05, 3.63) is 38.6 Å². The molecule has 2 aliphatic carbocycles. The van der Waals surface area contributed by atoms with Gasteiger partial charge in [-0.1, -0.05) is 15.9 Å². The molecule has 3 heterocycles. The molecule has 4 aliphatic rings. The third kappa shape index (κ3) is 3.87. The van der Waals surface area contributed by atoms with Crippen LogP contribution in [0.3, 0.4) is 0 Å². The van der Waals surface area contributed by atoms with Crippen LogP contribution < -0.4 is 5.56 Å². The SMILES string of the molecule is CC(C)N(CCCN1C2CC3CC(C2)CC1C3)C(=O)c1c(O)c2cc(Br)ccc2[nH]c1=O. The standard InChI is InChI=1S/C25H32BrN3O3/c1-14(2)28(6-3-7-29-18-9-15-8-16(11-18)12-19(29)10-15)25(32)22-23(30)20-13-17(26)4-5-21(20)27-24(22)31/h4-5,13-16,18-19H,3,6-12H2,1-2H3,(H2,27,30,31). The molecule has 0 spiro atoms. The van der Waals surface area contributed by atoms with E-state index in [2.05, 4.69) is 25.8 Å². The maximum absolute atomic E-state index is 13.4. The van der Waals surface area contributed by atoms with E-state index in [1.54, 1.807) is 23.1 Å². The van der Waals surface area contributed by atoms with Crippen molar-refractivity contribution in [3.8, 4) is 5.75 Å². The minimum absolute atomic E-state index is 0.0620. The summed E-state index contributed by atoms with van der Waals surface area (Å²) in [4.78, 5) is 33.3. The van der Waals surface area contributed by atoms with Crippen molar-refractivity contribution >= 4 is 32.7 Å². The lowest BCUT2D eigenvalue weighted by Gasteiger charge is -2.56. The second kappa shape index (κ2) is 8.49. The first-order valence-corrected chi connectivity index (χ1v) is 12.7. The molecule has 32 heavy (non-hydrogen) atoms. The van der Waals surface area contributed by atoms with Crippen LogP contribution in [0.2, 0.25) is 0 Å². The van der Waals surface area contributed by atoms with E-state index in [0.717, 1.165) is 41.4 Å². The number of aromatic hydroxyl groups is 1. The quantitative estimate of drug-likeness (QED) is 0.610. The topological polar surface area (TPSA) is 76.6 Å². The van der Waals surface area contributed by atoms with Crippen LogP contribution in [0.25, 0.3) is 10.9 Å². The van der Waals surface area contributed by atoms with Crippen molar-refractivity contribution in [2.45, 2.75) is 70.5 Å². The van der Waals surface area contributed by atoms with E-state index in [4.69, 9.17) is 0 Å². The number of carbonyl (C=O) groups is 1. The predicted octanol–water partition coefficient (Wildman–Crippen LogP) is 4.50. The van der Waals surface area contributed by atoms with Gasteiger partial charge in [-0.25, -0.2) is 0 Å². The summed E-state index contributed by atoms with van der Waals surface area (Å²) >= 11 is 3.39. The molecule has 0 unspecified atom stereocenters. The van der Waals surface area contributed by atoms with Crippen molar-refractivity contribution in [1.82, 2.24) is 14.8 Å². The number of amides is 1. The van der Waals surface area contributed by atoms with E-state index < -0.39 is 11.5 Å². The average Bonchev–Trinajstić information content (AvgIpc) is 2.72. The number of benzene rings is 1. The zero-order valence-corrected chi connectivity index (χ0v) is 20.4. The number of rotatable bonds is 6. The van der Waals surface area contributed by atoms with Crippen molar-refractivity contribution in [2.24, 2.45) is 11.8 Å². The van der Waals surface area contributed by atoms with Gasteiger partial charge < -0.3 is 15.0 Å². The Morgan fingerprint density at radius 2 is 1.84 bits per heavy atom. The molecule has 2 aromatic rings. The summed E-state index contributed by atoms with van der Waals surface area (Å²) in [5, 5.41) is 11.3. The van der Waals surface area contributed by atoms with Gasteiger partial charge in [0.1, 0.15) is 11.3 Å². The zero-order valence-electron chi connectivity index (χ0n) is 18.8. The monoisotopic (exact) mass is 501 g/mol. The lowest BCUT2D eigenvalue weighted by Crippen LogP contribution is -2.58. The number of carbonyl (C=O) groups excluding carboxylic acids is 1. The normalized spacial score (nSPS) is 26.9. The van der Waals surface area contributed by atoms with Crippen molar-refractivity contribution in [1.29, 1.82) is 0 Å². The molecule has 2 N–H and O–H groups in total. The third-order valence-electron chi connectivity index (χ3n) is 7.89. The summed E-state index contributed by atoms with van der Waals surface area (Å²) in [6.45, 7) is 5.50. The molecular weight excluding hydrogens is 470 g/mol. The first kappa shape index (κ1) is 22.0. The number of aromatic nitrogens is 1. The van der Waals surface area contributed by atoms with Crippen LogP contribution in [0, 0.1) is 11.8 Å². The molecule has 172 valence electrons. The Morgan fingerprint density at radius 3 is 2.47 bits per heavy atom. The van der Waals surface area contributed by atoms with Gasteiger partial charge in [0.25, 0.3) is 11.5 Å². The van der Waals surface area contributed by atoms with Crippen LogP contribution in [0.5, 0.6) is 5.75 Å². The number of hydrogen-bond donors (Lipinski definition) is 2. The number of piperidine rings is 2. The molecule has 1 amide bonds. The fourth-order valence-corrected chi connectivity index (χ4v) is 6.95. The molecule has 4 bridgehead atoms. The Balaban J connectivity index is 1.32. The maximum Gasteiger partial charge on any atom is 0.265 e. The highest BCUT2D eigenvalue weighted by molar-refractivity contribution is 9.10. The number of nitrogens with one attached hydrogen (secondary N) is 1. The number of halogens is 1. The van der Waals surface area contributed by atoms with E-state index in [9.17, 15) is 14.7 Å². The lowest BCUT2D eigenvalue weighted by atomic mass is 9.63. The Hall–Kier alpha value is -1.86. The number of hydrogen-bond acceptors (Lipinski definition) is 4. The Labute approximate surface area is 197 Å². The smallest absolute Gasteiger partial charge is 0.265 e. The van der Waals surface area contributed by atoms with Gasteiger partial charge in [-0.3, -0.25) is 14.5 Å². The van der Waals surface area contributed by atoms with E-state index in [1.807, 2.05) is 13.8 Å². The highest BCUT2D eigenvalue weighted by Gasteiger charge is 2.46. The molecular formula is C25H32BrN3O3. The summed E-state index contributed by atoms with van der Waals surface area (Å²) < 4.78 is 0.774. The van der Waals surface area contributed by atoms with Gasteiger partial charge in [0.15, 0.2) is 0 Å². The van der Waals surface area contributed by atoms with Crippen molar-refractivity contribution in [3.63, 3.8) is 0 Å².